The van der Waals surface area contributed by atoms with Gasteiger partial charge in [-0.2, -0.15) is 13.2 Å². The third-order valence-corrected chi connectivity index (χ3v) is 7.61. The van der Waals surface area contributed by atoms with Gasteiger partial charge < -0.3 is 25.4 Å². The molecule has 10 nitrogen and oxygen atoms in total. The van der Waals surface area contributed by atoms with Crippen LogP contribution < -0.4 is 15.5 Å². The van der Waals surface area contributed by atoms with E-state index < -0.39 is 17.6 Å². The van der Waals surface area contributed by atoms with Gasteiger partial charge in [0, 0.05) is 60.8 Å². The van der Waals surface area contributed by atoms with Crippen LogP contribution in [0.15, 0.2) is 66.3 Å². The van der Waals surface area contributed by atoms with Gasteiger partial charge in [0.25, 0.3) is 5.91 Å². The lowest BCUT2D eigenvalue weighted by Gasteiger charge is -2.29. The Labute approximate surface area is 247 Å². The van der Waals surface area contributed by atoms with Gasteiger partial charge in [-0.05, 0) is 36.4 Å². The molecular formula is C29H26F3N7O3S. The molecule has 1 fully saturated rings. The molecular weight excluding hydrogens is 583 g/mol. The highest BCUT2D eigenvalue weighted by Crippen LogP contribution is 2.35. The van der Waals surface area contributed by atoms with Gasteiger partial charge in [0.15, 0.2) is 4.96 Å². The first-order valence-electron chi connectivity index (χ1n) is 13.4. The number of alkyl halides is 3. The molecule has 0 spiro atoms. The van der Waals surface area contributed by atoms with Gasteiger partial charge >= 0.3 is 6.18 Å². The van der Waals surface area contributed by atoms with E-state index in [1.54, 1.807) is 35.4 Å². The molecule has 222 valence electrons. The van der Waals surface area contributed by atoms with Crippen molar-refractivity contribution < 1.29 is 27.8 Å². The molecule has 14 heteroatoms. The first kappa shape index (κ1) is 28.4. The van der Waals surface area contributed by atoms with E-state index in [1.165, 1.54) is 17.4 Å². The fourth-order valence-electron chi connectivity index (χ4n) is 4.82. The number of halogens is 3. The summed E-state index contributed by atoms with van der Waals surface area (Å²) < 4.78 is 48.0. The number of thiazole rings is 1. The van der Waals surface area contributed by atoms with Crippen molar-refractivity contribution in [2.24, 2.45) is 0 Å². The number of aromatic nitrogens is 4. The van der Waals surface area contributed by atoms with Crippen LogP contribution >= 0.6 is 11.3 Å². The molecule has 1 aliphatic rings. The van der Waals surface area contributed by atoms with Crippen LogP contribution in [0.1, 0.15) is 15.9 Å². The lowest BCUT2D eigenvalue weighted by atomic mass is 10.1. The van der Waals surface area contributed by atoms with Crippen LogP contribution in [-0.4, -0.2) is 69.8 Å². The summed E-state index contributed by atoms with van der Waals surface area (Å²) in [5.74, 6) is -0.200. The van der Waals surface area contributed by atoms with Crippen molar-refractivity contribution in [3.05, 3.63) is 77.4 Å². The molecule has 4 heterocycles. The van der Waals surface area contributed by atoms with E-state index in [4.69, 9.17) is 9.72 Å². The maximum absolute atomic E-state index is 13.6. The number of carbonyl (C=O) groups excluding carboxylic acids is 1. The number of ether oxygens (including phenoxy) is 1. The second-order valence-electron chi connectivity index (χ2n) is 9.73. The Morgan fingerprint density at radius 1 is 1.07 bits per heavy atom. The van der Waals surface area contributed by atoms with Crippen LogP contribution in [0, 0.1) is 0 Å². The van der Waals surface area contributed by atoms with Crippen LogP contribution in [0.4, 0.5) is 24.8 Å². The van der Waals surface area contributed by atoms with E-state index in [-0.39, 0.29) is 24.4 Å². The molecule has 1 aliphatic heterocycles. The zero-order valence-corrected chi connectivity index (χ0v) is 23.5. The third-order valence-electron chi connectivity index (χ3n) is 6.86. The maximum Gasteiger partial charge on any atom is 0.416 e. The predicted octanol–water partition coefficient (Wildman–Crippen LogP) is 4.92. The molecule has 0 bridgehead atoms. The summed E-state index contributed by atoms with van der Waals surface area (Å²) in [6.07, 6.45) is -1.11. The molecule has 0 unspecified atom stereocenters. The van der Waals surface area contributed by atoms with Gasteiger partial charge in [-0.3, -0.25) is 9.20 Å². The molecule has 1 saturated heterocycles. The first-order chi connectivity index (χ1) is 20.8. The van der Waals surface area contributed by atoms with Crippen molar-refractivity contribution in [2.75, 3.05) is 49.6 Å². The second-order valence-corrected chi connectivity index (χ2v) is 10.6. The number of phenolic OH excluding ortho intramolecular Hbond substituents is 1. The summed E-state index contributed by atoms with van der Waals surface area (Å²) >= 11 is 1.47. The van der Waals surface area contributed by atoms with Crippen molar-refractivity contribution in [1.29, 1.82) is 0 Å². The Bertz CT molecular complexity index is 1770. The first-order valence-corrected chi connectivity index (χ1v) is 14.3. The number of hydrogen-bond acceptors (Lipinski definition) is 9. The van der Waals surface area contributed by atoms with Gasteiger partial charge in [-0.15, -0.1) is 11.3 Å². The summed E-state index contributed by atoms with van der Waals surface area (Å²) in [6, 6.07) is 12.0. The van der Waals surface area contributed by atoms with Crippen LogP contribution in [0.25, 0.3) is 27.6 Å². The number of morpholine rings is 1. The lowest BCUT2D eigenvalue weighted by Crippen LogP contribution is -2.36. The number of phenols is 1. The Morgan fingerprint density at radius 2 is 1.91 bits per heavy atom. The van der Waals surface area contributed by atoms with Crippen LogP contribution in [0.2, 0.25) is 0 Å². The molecule has 1 amide bonds. The zero-order chi connectivity index (χ0) is 30.0. The van der Waals surface area contributed by atoms with Crippen molar-refractivity contribution in [3.63, 3.8) is 0 Å². The fraction of sp³-hybridized carbons (Fsp3) is 0.241. The smallest absolute Gasteiger partial charge is 0.416 e. The minimum Gasteiger partial charge on any atom is -0.508 e. The van der Waals surface area contributed by atoms with E-state index >= 15 is 0 Å². The number of amides is 1. The number of aromatic hydroxyl groups is 1. The van der Waals surface area contributed by atoms with Crippen molar-refractivity contribution >= 4 is 33.8 Å². The monoisotopic (exact) mass is 609 g/mol. The number of benzene rings is 2. The van der Waals surface area contributed by atoms with Crippen molar-refractivity contribution in [3.8, 4) is 28.4 Å². The topological polar surface area (TPSA) is 117 Å². The number of anilines is 2. The SMILES string of the molecule is O=C(NCCNc1nccc(-c2c(-c3cccc(O)c3)nc3sccn23)n1)c1cc(N2CCOCC2)cc(C(F)(F)F)c1. The Hall–Kier alpha value is -4.69. The molecule has 0 saturated carbocycles. The number of rotatable bonds is 8. The minimum atomic E-state index is -4.59. The zero-order valence-electron chi connectivity index (χ0n) is 22.6. The normalized spacial score (nSPS) is 13.8. The molecule has 5 aromatic rings. The molecule has 0 aliphatic carbocycles. The van der Waals surface area contributed by atoms with E-state index in [0.29, 0.717) is 49.3 Å². The number of hydrogen-bond donors (Lipinski definition) is 3. The van der Waals surface area contributed by atoms with E-state index in [9.17, 15) is 23.1 Å². The summed E-state index contributed by atoms with van der Waals surface area (Å²) in [6.45, 7) is 2.04. The maximum atomic E-state index is 13.6. The third kappa shape index (κ3) is 6.24. The van der Waals surface area contributed by atoms with Gasteiger partial charge in [0.2, 0.25) is 5.95 Å². The molecule has 6 rings (SSSR count). The molecule has 0 atom stereocenters. The largest absolute Gasteiger partial charge is 0.508 e. The van der Waals surface area contributed by atoms with E-state index in [2.05, 4.69) is 20.6 Å². The Morgan fingerprint density at radius 3 is 2.70 bits per heavy atom. The number of fused-ring (bicyclic) bond motifs is 1. The predicted molar refractivity (Wildman–Crippen MR) is 156 cm³/mol. The van der Waals surface area contributed by atoms with Crippen molar-refractivity contribution in [2.45, 2.75) is 6.18 Å². The number of nitrogens with one attached hydrogen (secondary N) is 2. The fourth-order valence-corrected chi connectivity index (χ4v) is 5.54. The van der Waals surface area contributed by atoms with Crippen LogP contribution in [0.5, 0.6) is 5.75 Å². The summed E-state index contributed by atoms with van der Waals surface area (Å²) in [5, 5.41) is 17.6. The molecule has 0 radical (unpaired) electrons. The average Bonchev–Trinajstić information content (AvgIpc) is 3.61. The Kier molecular flexibility index (Phi) is 7.86. The highest BCUT2D eigenvalue weighted by atomic mass is 32.1. The summed E-state index contributed by atoms with van der Waals surface area (Å²) in [7, 11) is 0. The quantitative estimate of drug-likeness (QED) is 0.212. The van der Waals surface area contributed by atoms with Gasteiger partial charge in [-0.1, -0.05) is 12.1 Å². The van der Waals surface area contributed by atoms with E-state index in [1.807, 2.05) is 22.0 Å². The summed E-state index contributed by atoms with van der Waals surface area (Å²) in [4.78, 5) is 29.0. The van der Waals surface area contributed by atoms with Gasteiger partial charge in [0.05, 0.1) is 30.2 Å². The number of carbonyl (C=O) groups is 1. The summed E-state index contributed by atoms with van der Waals surface area (Å²) in [5.41, 5.74) is 2.07. The Balaban J connectivity index is 1.15. The van der Waals surface area contributed by atoms with Gasteiger partial charge in [-0.25, -0.2) is 15.0 Å². The minimum absolute atomic E-state index is 0.0745. The van der Waals surface area contributed by atoms with Crippen molar-refractivity contribution in [1.82, 2.24) is 24.7 Å². The molecule has 2 aromatic carbocycles. The average molecular weight is 610 g/mol. The van der Waals surface area contributed by atoms with Crippen LogP contribution in [0.3, 0.4) is 0 Å². The molecule has 3 N–H and O–H groups in total. The molecule has 3 aromatic heterocycles. The van der Waals surface area contributed by atoms with Gasteiger partial charge in [0.1, 0.15) is 11.4 Å². The second kappa shape index (κ2) is 11.9. The number of imidazole rings is 1. The number of nitrogens with zero attached hydrogens (tertiary/aromatic N) is 5. The van der Waals surface area contributed by atoms with E-state index in [0.717, 1.165) is 28.4 Å². The highest BCUT2D eigenvalue weighted by molar-refractivity contribution is 7.15. The van der Waals surface area contributed by atoms with Crippen LogP contribution in [-0.2, 0) is 10.9 Å². The lowest BCUT2D eigenvalue weighted by molar-refractivity contribution is -0.137. The standard InChI is InChI=1S/C29H26F3N7O3S/c30-29(31,32)20-14-19(15-21(17-20)38-8-11-42-12-9-38)26(41)33-6-7-35-27-34-5-4-23(36-27)25-24(18-2-1-3-22(40)16-18)37-28-39(25)10-13-43-28/h1-5,10,13-17,40H,6-9,11-12H2,(H,33,41)(H,34,35,36). The highest BCUT2D eigenvalue weighted by Gasteiger charge is 2.32. The molecule has 43 heavy (non-hydrogen) atoms.